The van der Waals surface area contributed by atoms with Crippen LogP contribution in [-0.4, -0.2) is 26.6 Å². The van der Waals surface area contributed by atoms with Crippen LogP contribution in [0.15, 0.2) is 24.3 Å². The lowest BCUT2D eigenvalue weighted by molar-refractivity contribution is -0.0241. The molecule has 0 saturated heterocycles. The zero-order valence-corrected chi connectivity index (χ0v) is 8.92. The standard InChI is InChI=1S/C11H14F3NO/c1-15-6-10(16-7-11(13)14)8-3-2-4-9(12)5-8/h2-5,10-11,15H,6-7H2,1H3. The molecule has 0 radical (unpaired) electrons. The molecule has 1 atom stereocenters. The number of hydrogen-bond donors (Lipinski definition) is 1. The Kier molecular flexibility index (Phi) is 5.28. The summed E-state index contributed by atoms with van der Waals surface area (Å²) in [7, 11) is 1.68. The van der Waals surface area contributed by atoms with Crippen molar-refractivity contribution >= 4 is 0 Å². The third kappa shape index (κ3) is 4.20. The summed E-state index contributed by atoms with van der Waals surface area (Å²) >= 11 is 0. The second-order valence-electron chi connectivity index (χ2n) is 3.33. The van der Waals surface area contributed by atoms with Gasteiger partial charge in [0.15, 0.2) is 0 Å². The third-order valence-corrected chi connectivity index (χ3v) is 2.03. The van der Waals surface area contributed by atoms with Gasteiger partial charge in [0.1, 0.15) is 12.4 Å². The summed E-state index contributed by atoms with van der Waals surface area (Å²) in [5.41, 5.74) is 0.551. The van der Waals surface area contributed by atoms with Crippen LogP contribution in [0.5, 0.6) is 0 Å². The van der Waals surface area contributed by atoms with Crippen molar-refractivity contribution in [1.29, 1.82) is 0 Å². The highest BCUT2D eigenvalue weighted by Crippen LogP contribution is 2.18. The monoisotopic (exact) mass is 233 g/mol. The SMILES string of the molecule is CNCC(OCC(F)F)c1cccc(F)c1. The molecule has 0 aromatic heterocycles. The highest BCUT2D eigenvalue weighted by Gasteiger charge is 2.14. The van der Waals surface area contributed by atoms with E-state index in [2.05, 4.69) is 5.32 Å². The number of rotatable bonds is 6. The molecule has 0 spiro atoms. The molecular weight excluding hydrogens is 219 g/mol. The Morgan fingerprint density at radius 2 is 2.12 bits per heavy atom. The minimum Gasteiger partial charge on any atom is -0.366 e. The molecule has 2 nitrogen and oxygen atoms in total. The van der Waals surface area contributed by atoms with Crippen LogP contribution in [0, 0.1) is 5.82 Å². The minimum atomic E-state index is -2.52. The van der Waals surface area contributed by atoms with Crippen molar-refractivity contribution in [3.8, 4) is 0 Å². The summed E-state index contributed by atoms with van der Waals surface area (Å²) in [5.74, 6) is -0.403. The van der Waals surface area contributed by atoms with Crippen LogP contribution in [0.4, 0.5) is 13.2 Å². The van der Waals surface area contributed by atoms with E-state index in [1.807, 2.05) is 0 Å². The van der Waals surface area contributed by atoms with Gasteiger partial charge in [-0.3, -0.25) is 0 Å². The van der Waals surface area contributed by atoms with Gasteiger partial charge >= 0.3 is 0 Å². The Morgan fingerprint density at radius 3 is 2.69 bits per heavy atom. The normalized spacial score (nSPS) is 13.1. The molecule has 1 aromatic carbocycles. The maximum Gasteiger partial charge on any atom is 0.261 e. The van der Waals surface area contributed by atoms with E-state index in [4.69, 9.17) is 4.74 Å². The Labute approximate surface area is 92.4 Å². The van der Waals surface area contributed by atoms with Crippen LogP contribution in [0.3, 0.4) is 0 Å². The zero-order valence-electron chi connectivity index (χ0n) is 8.92. The second-order valence-corrected chi connectivity index (χ2v) is 3.33. The van der Waals surface area contributed by atoms with E-state index in [0.29, 0.717) is 12.1 Å². The molecule has 16 heavy (non-hydrogen) atoms. The summed E-state index contributed by atoms with van der Waals surface area (Å²) in [4.78, 5) is 0. The minimum absolute atomic E-state index is 0.357. The molecule has 1 rings (SSSR count). The number of benzene rings is 1. The summed E-state index contributed by atoms with van der Waals surface area (Å²) in [6.45, 7) is -0.293. The third-order valence-electron chi connectivity index (χ3n) is 2.03. The highest BCUT2D eigenvalue weighted by molar-refractivity contribution is 5.19. The first kappa shape index (κ1) is 13.0. The fourth-order valence-corrected chi connectivity index (χ4v) is 1.35. The quantitative estimate of drug-likeness (QED) is 0.814. The molecule has 0 fully saturated rings. The molecule has 0 heterocycles. The molecule has 5 heteroatoms. The molecule has 1 N–H and O–H groups in total. The molecule has 0 bridgehead atoms. The molecule has 0 saturated carbocycles. The molecule has 0 aliphatic rings. The predicted octanol–water partition coefficient (Wildman–Crippen LogP) is 2.37. The Hall–Kier alpha value is -1.07. The van der Waals surface area contributed by atoms with Gasteiger partial charge in [0.2, 0.25) is 0 Å². The maximum absolute atomic E-state index is 12.9. The molecule has 0 aliphatic carbocycles. The van der Waals surface area contributed by atoms with Gasteiger partial charge < -0.3 is 10.1 Å². The van der Waals surface area contributed by atoms with E-state index in [-0.39, 0.29) is 0 Å². The number of hydrogen-bond acceptors (Lipinski definition) is 2. The van der Waals surface area contributed by atoms with Crippen LogP contribution in [0.1, 0.15) is 11.7 Å². The van der Waals surface area contributed by atoms with E-state index in [0.717, 1.165) is 0 Å². The number of halogens is 3. The fraction of sp³-hybridized carbons (Fsp3) is 0.455. The first-order chi connectivity index (χ1) is 7.63. The first-order valence-corrected chi connectivity index (χ1v) is 4.93. The largest absolute Gasteiger partial charge is 0.366 e. The Morgan fingerprint density at radius 1 is 1.38 bits per heavy atom. The smallest absolute Gasteiger partial charge is 0.261 e. The fourth-order valence-electron chi connectivity index (χ4n) is 1.35. The van der Waals surface area contributed by atoms with Crippen molar-refractivity contribution in [2.75, 3.05) is 20.2 Å². The Balaban J connectivity index is 2.68. The van der Waals surface area contributed by atoms with Crippen LogP contribution in [0.2, 0.25) is 0 Å². The molecule has 1 unspecified atom stereocenters. The molecule has 1 aromatic rings. The Bertz CT molecular complexity index is 320. The lowest BCUT2D eigenvalue weighted by atomic mass is 10.1. The molecule has 0 aliphatic heterocycles. The zero-order chi connectivity index (χ0) is 12.0. The highest BCUT2D eigenvalue weighted by atomic mass is 19.3. The van der Waals surface area contributed by atoms with E-state index >= 15 is 0 Å². The summed E-state index contributed by atoms with van der Waals surface area (Å²) in [6.07, 6.45) is -3.08. The van der Waals surface area contributed by atoms with Gasteiger partial charge in [-0.15, -0.1) is 0 Å². The summed E-state index contributed by atoms with van der Waals surface area (Å²) in [6, 6.07) is 5.76. The van der Waals surface area contributed by atoms with Crippen LogP contribution >= 0.6 is 0 Å². The molecule has 0 amide bonds. The van der Waals surface area contributed by atoms with E-state index in [9.17, 15) is 13.2 Å². The van der Waals surface area contributed by atoms with Crippen molar-refractivity contribution in [1.82, 2.24) is 5.32 Å². The molecule has 90 valence electrons. The maximum atomic E-state index is 12.9. The lowest BCUT2D eigenvalue weighted by Gasteiger charge is -2.17. The average molecular weight is 233 g/mol. The van der Waals surface area contributed by atoms with Crippen molar-refractivity contribution in [2.24, 2.45) is 0 Å². The lowest BCUT2D eigenvalue weighted by Crippen LogP contribution is -2.22. The first-order valence-electron chi connectivity index (χ1n) is 4.93. The van der Waals surface area contributed by atoms with Crippen molar-refractivity contribution in [3.63, 3.8) is 0 Å². The number of alkyl halides is 2. The van der Waals surface area contributed by atoms with Gasteiger partial charge in [-0.2, -0.15) is 0 Å². The average Bonchev–Trinajstić information content (AvgIpc) is 2.24. The van der Waals surface area contributed by atoms with Gasteiger partial charge in [0, 0.05) is 6.54 Å². The van der Waals surface area contributed by atoms with E-state index in [1.165, 1.54) is 18.2 Å². The number of nitrogens with one attached hydrogen (secondary N) is 1. The van der Waals surface area contributed by atoms with Gasteiger partial charge in [-0.05, 0) is 24.7 Å². The summed E-state index contributed by atoms with van der Waals surface area (Å²) in [5, 5.41) is 2.82. The van der Waals surface area contributed by atoms with Gasteiger partial charge in [0.25, 0.3) is 6.43 Å². The topological polar surface area (TPSA) is 21.3 Å². The van der Waals surface area contributed by atoms with Crippen molar-refractivity contribution in [2.45, 2.75) is 12.5 Å². The van der Waals surface area contributed by atoms with Crippen LogP contribution < -0.4 is 5.32 Å². The van der Waals surface area contributed by atoms with Crippen LogP contribution in [-0.2, 0) is 4.74 Å². The second kappa shape index (κ2) is 6.50. The number of likely N-dealkylation sites (N-methyl/N-ethyl adjacent to an activating group) is 1. The van der Waals surface area contributed by atoms with E-state index in [1.54, 1.807) is 13.1 Å². The van der Waals surface area contributed by atoms with Crippen molar-refractivity contribution < 1.29 is 17.9 Å². The van der Waals surface area contributed by atoms with Crippen molar-refractivity contribution in [3.05, 3.63) is 35.6 Å². The molecular formula is C11H14F3NO. The van der Waals surface area contributed by atoms with Gasteiger partial charge in [-0.1, -0.05) is 12.1 Å². The number of ether oxygens (including phenoxy) is 1. The van der Waals surface area contributed by atoms with Crippen LogP contribution in [0.25, 0.3) is 0 Å². The predicted molar refractivity (Wildman–Crippen MR) is 55.0 cm³/mol. The van der Waals surface area contributed by atoms with Gasteiger partial charge in [0.05, 0.1) is 6.10 Å². The van der Waals surface area contributed by atoms with E-state index < -0.39 is 25.0 Å². The van der Waals surface area contributed by atoms with Gasteiger partial charge in [-0.25, -0.2) is 13.2 Å². The summed E-state index contributed by atoms with van der Waals surface area (Å²) < 4.78 is 42.0.